The highest BCUT2D eigenvalue weighted by Gasteiger charge is 2.16. The Morgan fingerprint density at radius 1 is 1.14 bits per heavy atom. The molecule has 1 N–H and O–H groups in total. The average molecular weight is 460 g/mol. The summed E-state index contributed by atoms with van der Waals surface area (Å²) >= 11 is 13.5. The molecule has 1 amide bonds. The van der Waals surface area contributed by atoms with Crippen molar-refractivity contribution >= 4 is 46.6 Å². The summed E-state index contributed by atoms with van der Waals surface area (Å²) in [6.45, 7) is 6.12. The second kappa shape index (κ2) is 10.2. The molecule has 0 radical (unpaired) electrons. The second-order valence-electron chi connectivity index (χ2n) is 7.11. The van der Waals surface area contributed by atoms with Gasteiger partial charge < -0.3 is 19.5 Å². The molecule has 0 spiro atoms. The van der Waals surface area contributed by atoms with Crippen LogP contribution in [0.25, 0.3) is 11.1 Å². The van der Waals surface area contributed by atoms with E-state index >= 15 is 0 Å². The maximum atomic E-state index is 12.0. The van der Waals surface area contributed by atoms with Crippen molar-refractivity contribution in [1.29, 1.82) is 0 Å². The van der Waals surface area contributed by atoms with E-state index in [1.165, 1.54) is 18.4 Å². The van der Waals surface area contributed by atoms with Crippen molar-refractivity contribution in [2.24, 2.45) is 0 Å². The molecular weight excluding hydrogens is 437 g/mol. The van der Waals surface area contributed by atoms with E-state index in [2.05, 4.69) is 5.32 Å². The monoisotopic (exact) mass is 459 g/mol. The number of esters is 1. The highest BCUT2D eigenvalue weighted by atomic mass is 35.5. The summed E-state index contributed by atoms with van der Waals surface area (Å²) in [6, 6.07) is 6.78. The molecule has 1 aromatic heterocycles. The van der Waals surface area contributed by atoms with Crippen molar-refractivity contribution in [3.05, 3.63) is 38.5 Å². The number of ether oxygens (including phenoxy) is 3. The van der Waals surface area contributed by atoms with Gasteiger partial charge in [-0.05, 0) is 57.0 Å². The number of hydrogen-bond donors (Lipinski definition) is 1. The molecule has 9 heteroatoms. The first-order valence-electron chi connectivity index (χ1n) is 8.87. The van der Waals surface area contributed by atoms with Gasteiger partial charge in [-0.3, -0.25) is 0 Å². The third-order valence-electron chi connectivity index (χ3n) is 3.55. The van der Waals surface area contributed by atoms with Gasteiger partial charge in [-0.1, -0.05) is 23.2 Å². The van der Waals surface area contributed by atoms with E-state index in [1.807, 2.05) is 0 Å². The molecule has 2 rings (SSSR count). The fourth-order valence-electron chi connectivity index (χ4n) is 2.38. The van der Waals surface area contributed by atoms with E-state index in [4.69, 9.17) is 37.4 Å². The molecule has 2 aromatic rings. The van der Waals surface area contributed by atoms with Crippen molar-refractivity contribution in [1.82, 2.24) is 5.32 Å². The maximum Gasteiger partial charge on any atom is 0.407 e. The highest BCUT2D eigenvalue weighted by Crippen LogP contribution is 2.39. The third-order valence-corrected chi connectivity index (χ3v) is 5.04. The highest BCUT2D eigenvalue weighted by molar-refractivity contribution is 7.20. The number of amides is 1. The molecule has 0 aliphatic heterocycles. The average Bonchev–Trinajstić information content (AvgIpc) is 2.97. The van der Waals surface area contributed by atoms with E-state index in [0.717, 1.165) is 0 Å². The van der Waals surface area contributed by atoms with Crippen LogP contribution in [0, 0.1) is 0 Å². The Morgan fingerprint density at radius 2 is 1.86 bits per heavy atom. The van der Waals surface area contributed by atoms with Gasteiger partial charge in [0.15, 0.2) is 0 Å². The van der Waals surface area contributed by atoms with E-state index in [9.17, 15) is 9.59 Å². The molecule has 0 aliphatic carbocycles. The summed E-state index contributed by atoms with van der Waals surface area (Å²) in [5.74, 6) is -0.000650. The molecule has 0 atom stereocenters. The second-order valence-corrected chi connectivity index (χ2v) is 9.39. The molecule has 1 aromatic carbocycles. The van der Waals surface area contributed by atoms with Gasteiger partial charge in [-0.25, -0.2) is 9.59 Å². The Hall–Kier alpha value is -1.96. The lowest BCUT2D eigenvalue weighted by molar-refractivity contribution is 0.0524. The molecule has 0 aliphatic rings. The normalized spacial score (nSPS) is 11.1. The number of nitrogens with one attached hydrogen (secondary N) is 1. The van der Waals surface area contributed by atoms with Crippen LogP contribution in [0.2, 0.25) is 8.67 Å². The first kappa shape index (κ1) is 23.3. The summed E-state index contributed by atoms with van der Waals surface area (Å²) in [7, 11) is 1.31. The van der Waals surface area contributed by atoms with Crippen molar-refractivity contribution in [2.75, 3.05) is 20.3 Å². The molecule has 0 bridgehead atoms. The standard InChI is InChI=1S/C20H23Cl2NO5S/c1-20(2,3)28-19(25)23-6-5-7-27-14-9-12(8-13(10-14)18(24)26-4)15-11-16(21)29-17(15)22/h8-11H,5-7H2,1-4H3,(H,23,25). The molecule has 0 saturated carbocycles. The van der Waals surface area contributed by atoms with Crippen LogP contribution in [-0.4, -0.2) is 37.9 Å². The lowest BCUT2D eigenvalue weighted by Gasteiger charge is -2.19. The van der Waals surface area contributed by atoms with Crippen LogP contribution in [0.4, 0.5) is 4.79 Å². The van der Waals surface area contributed by atoms with Gasteiger partial charge >= 0.3 is 12.1 Å². The quantitative estimate of drug-likeness (QED) is 0.418. The summed E-state index contributed by atoms with van der Waals surface area (Å²) in [5, 5.41) is 2.67. The number of benzene rings is 1. The van der Waals surface area contributed by atoms with Gasteiger partial charge in [0, 0.05) is 12.1 Å². The zero-order valence-electron chi connectivity index (χ0n) is 16.6. The first-order valence-corrected chi connectivity index (χ1v) is 10.4. The molecule has 0 unspecified atom stereocenters. The lowest BCUT2D eigenvalue weighted by atomic mass is 10.1. The van der Waals surface area contributed by atoms with E-state index in [1.54, 1.807) is 45.0 Å². The van der Waals surface area contributed by atoms with Gasteiger partial charge in [-0.15, -0.1) is 11.3 Å². The van der Waals surface area contributed by atoms with E-state index < -0.39 is 17.7 Å². The number of methoxy groups -OCH3 is 1. The number of carbonyl (C=O) groups excluding carboxylic acids is 2. The molecule has 1 heterocycles. The molecule has 0 saturated heterocycles. The van der Waals surface area contributed by atoms with Gasteiger partial charge in [0.05, 0.1) is 23.6 Å². The minimum atomic E-state index is -0.545. The SMILES string of the molecule is COC(=O)c1cc(OCCCNC(=O)OC(C)(C)C)cc(-c2cc(Cl)sc2Cl)c1. The number of carbonyl (C=O) groups is 2. The minimum Gasteiger partial charge on any atom is -0.493 e. The Bertz CT molecular complexity index is 876. The Balaban J connectivity index is 2.02. The number of halogens is 2. The number of hydrogen-bond acceptors (Lipinski definition) is 6. The molecule has 0 fully saturated rings. The minimum absolute atomic E-state index is 0.331. The van der Waals surface area contributed by atoms with Crippen LogP contribution in [0.15, 0.2) is 24.3 Å². The van der Waals surface area contributed by atoms with Crippen LogP contribution >= 0.6 is 34.5 Å². The summed E-state index contributed by atoms with van der Waals surface area (Å²) < 4.78 is 16.8. The van der Waals surface area contributed by atoms with E-state index in [0.29, 0.717) is 50.7 Å². The van der Waals surface area contributed by atoms with Crippen LogP contribution in [-0.2, 0) is 9.47 Å². The van der Waals surface area contributed by atoms with Crippen molar-refractivity contribution < 1.29 is 23.8 Å². The molecular formula is C20H23Cl2NO5S. The van der Waals surface area contributed by atoms with Gasteiger partial charge in [0.2, 0.25) is 0 Å². The maximum absolute atomic E-state index is 12.0. The van der Waals surface area contributed by atoms with Gasteiger partial charge in [0.25, 0.3) is 0 Å². The van der Waals surface area contributed by atoms with Crippen LogP contribution in [0.1, 0.15) is 37.6 Å². The molecule has 29 heavy (non-hydrogen) atoms. The van der Waals surface area contributed by atoms with Crippen LogP contribution < -0.4 is 10.1 Å². The molecule has 6 nitrogen and oxygen atoms in total. The number of thiophene rings is 1. The Labute approximate surface area is 184 Å². The van der Waals surface area contributed by atoms with Crippen molar-refractivity contribution in [3.63, 3.8) is 0 Å². The van der Waals surface area contributed by atoms with Crippen molar-refractivity contribution in [3.8, 4) is 16.9 Å². The van der Waals surface area contributed by atoms with Crippen LogP contribution in [0.5, 0.6) is 5.75 Å². The number of rotatable bonds is 7. The zero-order chi connectivity index (χ0) is 21.6. The first-order chi connectivity index (χ1) is 13.6. The topological polar surface area (TPSA) is 73.9 Å². The lowest BCUT2D eigenvalue weighted by Crippen LogP contribution is -2.33. The number of alkyl carbamates (subject to hydrolysis) is 1. The Morgan fingerprint density at radius 3 is 2.45 bits per heavy atom. The summed E-state index contributed by atoms with van der Waals surface area (Å²) in [4.78, 5) is 23.6. The smallest absolute Gasteiger partial charge is 0.407 e. The van der Waals surface area contributed by atoms with Crippen molar-refractivity contribution in [2.45, 2.75) is 32.8 Å². The summed E-state index contributed by atoms with van der Waals surface area (Å²) in [5.41, 5.74) is 1.20. The largest absolute Gasteiger partial charge is 0.493 e. The van der Waals surface area contributed by atoms with E-state index in [-0.39, 0.29) is 0 Å². The fourth-order valence-corrected chi connectivity index (χ4v) is 3.88. The third kappa shape index (κ3) is 7.42. The van der Waals surface area contributed by atoms with Gasteiger partial charge in [-0.2, -0.15) is 0 Å². The predicted octanol–water partition coefficient (Wildman–Crippen LogP) is 5.80. The van der Waals surface area contributed by atoms with Gasteiger partial charge in [0.1, 0.15) is 15.7 Å². The zero-order valence-corrected chi connectivity index (χ0v) is 19.0. The predicted molar refractivity (Wildman–Crippen MR) is 115 cm³/mol. The van der Waals surface area contributed by atoms with Crippen LogP contribution in [0.3, 0.4) is 0 Å². The fraction of sp³-hybridized carbons (Fsp3) is 0.400. The molecule has 158 valence electrons. The Kier molecular flexibility index (Phi) is 8.19. The summed E-state index contributed by atoms with van der Waals surface area (Å²) in [6.07, 6.45) is 0.0821.